The fourth-order valence-electron chi connectivity index (χ4n) is 2.56. The van der Waals surface area contributed by atoms with Crippen LogP contribution in [0.5, 0.6) is 0 Å². The molecule has 18 heavy (non-hydrogen) atoms. The summed E-state index contributed by atoms with van der Waals surface area (Å²) in [7, 11) is 1.06. The second-order valence-corrected chi connectivity index (χ2v) is 6.93. The van der Waals surface area contributed by atoms with E-state index in [9.17, 15) is 4.21 Å². The largest absolute Gasteiger partial charge is 0.316 e. The van der Waals surface area contributed by atoms with Crippen molar-refractivity contribution >= 4 is 10.8 Å². The molecule has 1 aromatic rings. The SMILES string of the molecule is CNC(CS(=O)c1ccc2c(c1)CCC2)C(C)C. The zero-order valence-corrected chi connectivity index (χ0v) is 12.3. The van der Waals surface area contributed by atoms with Crippen LogP contribution >= 0.6 is 0 Å². The Bertz CT molecular complexity index is 442. The Morgan fingerprint density at radius 3 is 2.67 bits per heavy atom. The van der Waals surface area contributed by atoms with Crippen LogP contribution < -0.4 is 5.32 Å². The molecule has 0 radical (unpaired) electrons. The normalized spacial score (nSPS) is 17.8. The van der Waals surface area contributed by atoms with Crippen molar-refractivity contribution in [1.82, 2.24) is 5.32 Å². The van der Waals surface area contributed by atoms with Crippen molar-refractivity contribution in [3.63, 3.8) is 0 Å². The summed E-state index contributed by atoms with van der Waals surface area (Å²) in [6.07, 6.45) is 3.59. The Morgan fingerprint density at radius 1 is 1.28 bits per heavy atom. The zero-order valence-electron chi connectivity index (χ0n) is 11.5. The molecule has 0 aliphatic heterocycles. The average molecular weight is 265 g/mol. The van der Waals surface area contributed by atoms with Crippen LogP contribution in [0.2, 0.25) is 0 Å². The molecule has 2 atom stereocenters. The van der Waals surface area contributed by atoms with Gasteiger partial charge in [0.1, 0.15) is 0 Å². The molecule has 0 bridgehead atoms. The topological polar surface area (TPSA) is 29.1 Å². The van der Waals surface area contributed by atoms with Crippen molar-refractivity contribution in [2.45, 2.75) is 44.0 Å². The van der Waals surface area contributed by atoms with E-state index in [0.29, 0.717) is 17.7 Å². The first-order chi connectivity index (χ1) is 8.61. The second-order valence-electron chi connectivity index (χ2n) is 5.44. The Balaban J connectivity index is 2.09. The lowest BCUT2D eigenvalue weighted by molar-refractivity contribution is 0.461. The molecule has 3 heteroatoms. The minimum Gasteiger partial charge on any atom is -0.316 e. The maximum atomic E-state index is 12.4. The minimum absolute atomic E-state index is 0.319. The van der Waals surface area contributed by atoms with Crippen LogP contribution in [0.25, 0.3) is 0 Å². The highest BCUT2D eigenvalue weighted by Gasteiger charge is 2.17. The number of rotatable bonds is 5. The summed E-state index contributed by atoms with van der Waals surface area (Å²) in [6.45, 7) is 4.34. The number of nitrogens with one attached hydrogen (secondary N) is 1. The van der Waals surface area contributed by atoms with Crippen LogP contribution in [-0.2, 0) is 23.6 Å². The predicted molar refractivity (Wildman–Crippen MR) is 77.4 cm³/mol. The number of benzene rings is 1. The third-order valence-electron chi connectivity index (χ3n) is 3.84. The zero-order chi connectivity index (χ0) is 13.1. The van der Waals surface area contributed by atoms with Crippen molar-refractivity contribution in [3.8, 4) is 0 Å². The smallest absolute Gasteiger partial charge is 0.0545 e. The van der Waals surface area contributed by atoms with Crippen molar-refractivity contribution in [3.05, 3.63) is 29.3 Å². The molecule has 0 saturated carbocycles. The van der Waals surface area contributed by atoms with E-state index in [1.54, 1.807) is 0 Å². The molecule has 0 aromatic heterocycles. The molecule has 1 aromatic carbocycles. The van der Waals surface area contributed by atoms with Crippen LogP contribution in [0.3, 0.4) is 0 Å². The van der Waals surface area contributed by atoms with Gasteiger partial charge in [-0.15, -0.1) is 0 Å². The summed E-state index contributed by atoms with van der Waals surface area (Å²) >= 11 is 0. The fourth-order valence-corrected chi connectivity index (χ4v) is 4.12. The summed E-state index contributed by atoms with van der Waals surface area (Å²) in [5.41, 5.74) is 2.86. The molecule has 2 nitrogen and oxygen atoms in total. The van der Waals surface area contributed by atoms with Gasteiger partial charge in [-0.05, 0) is 55.5 Å². The Morgan fingerprint density at radius 2 is 2.00 bits per heavy atom. The van der Waals surface area contributed by atoms with Gasteiger partial charge in [0.05, 0.1) is 10.8 Å². The first-order valence-corrected chi connectivity index (χ1v) is 8.11. The van der Waals surface area contributed by atoms with Gasteiger partial charge in [-0.2, -0.15) is 0 Å². The third kappa shape index (κ3) is 3.01. The molecule has 2 rings (SSSR count). The number of hydrogen-bond acceptors (Lipinski definition) is 2. The van der Waals surface area contributed by atoms with E-state index in [1.807, 2.05) is 13.1 Å². The van der Waals surface area contributed by atoms with E-state index in [-0.39, 0.29) is 0 Å². The Hall–Kier alpha value is -0.670. The molecule has 0 saturated heterocycles. The summed E-state index contributed by atoms with van der Waals surface area (Å²) < 4.78 is 12.4. The second kappa shape index (κ2) is 5.98. The lowest BCUT2D eigenvalue weighted by Gasteiger charge is -2.19. The lowest BCUT2D eigenvalue weighted by Crippen LogP contribution is -2.35. The van der Waals surface area contributed by atoms with Gasteiger partial charge in [0.15, 0.2) is 0 Å². The van der Waals surface area contributed by atoms with Crippen LogP contribution in [0.4, 0.5) is 0 Å². The predicted octanol–water partition coefficient (Wildman–Crippen LogP) is 2.53. The molecule has 1 aliphatic carbocycles. The standard InChI is InChI=1S/C15H23NOS/c1-11(2)15(16-3)10-18(17)14-8-7-12-5-4-6-13(12)9-14/h7-9,11,15-16H,4-6,10H2,1-3H3. The molecule has 2 unspecified atom stereocenters. The number of aryl methyl sites for hydroxylation is 2. The molecule has 1 aliphatic rings. The third-order valence-corrected chi connectivity index (χ3v) is 5.28. The molecular formula is C15H23NOS. The minimum atomic E-state index is -0.889. The molecule has 1 N–H and O–H groups in total. The molecule has 100 valence electrons. The van der Waals surface area contributed by atoms with Crippen LogP contribution in [0.1, 0.15) is 31.4 Å². The summed E-state index contributed by atoms with van der Waals surface area (Å²) in [5.74, 6) is 1.21. The van der Waals surface area contributed by atoms with Gasteiger partial charge >= 0.3 is 0 Å². The summed E-state index contributed by atoms with van der Waals surface area (Å²) in [4.78, 5) is 0.997. The number of fused-ring (bicyclic) bond motifs is 1. The maximum absolute atomic E-state index is 12.4. The Kier molecular flexibility index (Phi) is 4.57. The van der Waals surface area contributed by atoms with Gasteiger partial charge in [-0.3, -0.25) is 4.21 Å². The molecule has 0 fully saturated rings. The van der Waals surface area contributed by atoms with E-state index in [2.05, 4.69) is 31.3 Å². The van der Waals surface area contributed by atoms with Gasteiger partial charge in [-0.25, -0.2) is 0 Å². The van der Waals surface area contributed by atoms with Crippen molar-refractivity contribution < 1.29 is 4.21 Å². The first kappa shape index (κ1) is 13.8. The fraction of sp³-hybridized carbons (Fsp3) is 0.600. The van der Waals surface area contributed by atoms with E-state index in [1.165, 1.54) is 24.0 Å². The number of hydrogen-bond donors (Lipinski definition) is 1. The maximum Gasteiger partial charge on any atom is 0.0545 e. The first-order valence-electron chi connectivity index (χ1n) is 6.79. The average Bonchev–Trinajstić information content (AvgIpc) is 2.82. The van der Waals surface area contributed by atoms with Crippen molar-refractivity contribution in [2.24, 2.45) is 5.92 Å². The quantitative estimate of drug-likeness (QED) is 0.886. The molecule has 0 spiro atoms. The summed E-state index contributed by atoms with van der Waals surface area (Å²) in [5, 5.41) is 3.26. The molecular weight excluding hydrogens is 242 g/mol. The van der Waals surface area contributed by atoms with E-state index in [0.717, 1.165) is 11.3 Å². The van der Waals surface area contributed by atoms with Crippen molar-refractivity contribution in [2.75, 3.05) is 12.8 Å². The van der Waals surface area contributed by atoms with Crippen LogP contribution in [0, 0.1) is 5.92 Å². The van der Waals surface area contributed by atoms with Gasteiger partial charge in [0, 0.05) is 16.7 Å². The Labute approximate surface area is 113 Å². The van der Waals surface area contributed by atoms with E-state index < -0.39 is 10.8 Å². The van der Waals surface area contributed by atoms with Crippen LogP contribution in [-0.4, -0.2) is 23.1 Å². The van der Waals surface area contributed by atoms with Crippen molar-refractivity contribution in [1.29, 1.82) is 0 Å². The van der Waals surface area contributed by atoms with E-state index in [4.69, 9.17) is 0 Å². The van der Waals surface area contributed by atoms with Gasteiger partial charge in [0.25, 0.3) is 0 Å². The van der Waals surface area contributed by atoms with Gasteiger partial charge < -0.3 is 5.32 Å². The lowest BCUT2D eigenvalue weighted by atomic mass is 10.1. The van der Waals surface area contributed by atoms with Gasteiger partial charge in [0.2, 0.25) is 0 Å². The monoisotopic (exact) mass is 265 g/mol. The van der Waals surface area contributed by atoms with Crippen LogP contribution in [0.15, 0.2) is 23.1 Å². The molecule has 0 heterocycles. The highest BCUT2D eigenvalue weighted by atomic mass is 32.2. The van der Waals surface area contributed by atoms with E-state index >= 15 is 0 Å². The highest BCUT2D eigenvalue weighted by molar-refractivity contribution is 7.85. The van der Waals surface area contributed by atoms with Gasteiger partial charge in [-0.1, -0.05) is 19.9 Å². The summed E-state index contributed by atoms with van der Waals surface area (Å²) in [6, 6.07) is 6.69. The highest BCUT2D eigenvalue weighted by Crippen LogP contribution is 2.24. The molecule has 0 amide bonds.